The molecular formula is C52H38. The zero-order chi connectivity index (χ0) is 34.9. The van der Waals surface area contributed by atoms with E-state index in [4.69, 9.17) is 0 Å². The first kappa shape index (κ1) is 29.7. The maximum Gasteiger partial charge on any atom is 0.0159 e. The Morgan fingerprint density at radius 1 is 0.288 bits per heavy atom. The Labute approximate surface area is 305 Å². The fourth-order valence-corrected chi connectivity index (χ4v) is 10.0. The monoisotopic (exact) mass is 662 g/mol. The van der Waals surface area contributed by atoms with Gasteiger partial charge in [-0.1, -0.05) is 161 Å². The van der Waals surface area contributed by atoms with Gasteiger partial charge >= 0.3 is 0 Å². The second-order valence-electron chi connectivity index (χ2n) is 16.0. The lowest BCUT2D eigenvalue weighted by Crippen LogP contribution is -2.16. The normalized spacial score (nSPS) is 14.8. The van der Waals surface area contributed by atoms with Crippen LogP contribution in [-0.4, -0.2) is 0 Å². The van der Waals surface area contributed by atoms with Crippen molar-refractivity contribution in [2.45, 2.75) is 38.5 Å². The quantitative estimate of drug-likeness (QED) is 0.162. The van der Waals surface area contributed by atoms with Gasteiger partial charge in [0.15, 0.2) is 0 Å². The number of hydrogen-bond donors (Lipinski definition) is 0. The summed E-state index contributed by atoms with van der Waals surface area (Å²) in [5.74, 6) is 0. The SMILES string of the molecule is CC1(C)c2ccccc2-c2ccc(-c3cc4c(c5ccccc35)-c3c(cc(-c5cc6ccccc6c6ccccc56)c5ccccc35)C4(C)C)cc21. The van der Waals surface area contributed by atoms with Crippen LogP contribution < -0.4 is 0 Å². The zero-order valence-electron chi connectivity index (χ0n) is 30.0. The van der Waals surface area contributed by atoms with Gasteiger partial charge in [-0.05, 0) is 134 Å². The van der Waals surface area contributed by atoms with Crippen LogP contribution in [0.3, 0.4) is 0 Å². The Hall–Kier alpha value is -5.98. The van der Waals surface area contributed by atoms with Crippen LogP contribution in [-0.2, 0) is 10.8 Å². The molecule has 0 spiro atoms. The molecule has 11 rings (SSSR count). The molecule has 0 fully saturated rings. The van der Waals surface area contributed by atoms with Gasteiger partial charge in [0.2, 0.25) is 0 Å². The summed E-state index contributed by atoms with van der Waals surface area (Å²) in [4.78, 5) is 0. The van der Waals surface area contributed by atoms with Crippen LogP contribution in [0, 0.1) is 0 Å². The van der Waals surface area contributed by atoms with Crippen molar-refractivity contribution in [3.05, 3.63) is 180 Å². The third-order valence-corrected chi connectivity index (χ3v) is 12.6. The number of fused-ring (bicyclic) bond motifs is 13. The summed E-state index contributed by atoms with van der Waals surface area (Å²) in [7, 11) is 0. The summed E-state index contributed by atoms with van der Waals surface area (Å²) < 4.78 is 0. The molecule has 0 heteroatoms. The van der Waals surface area contributed by atoms with Crippen molar-refractivity contribution in [1.29, 1.82) is 0 Å². The van der Waals surface area contributed by atoms with Crippen LogP contribution in [0.5, 0.6) is 0 Å². The molecular weight excluding hydrogens is 625 g/mol. The van der Waals surface area contributed by atoms with Crippen LogP contribution in [0.2, 0.25) is 0 Å². The van der Waals surface area contributed by atoms with Crippen molar-refractivity contribution in [2.24, 2.45) is 0 Å². The molecule has 0 saturated carbocycles. The lowest BCUT2D eigenvalue weighted by Gasteiger charge is -2.25. The van der Waals surface area contributed by atoms with Gasteiger partial charge in [-0.2, -0.15) is 0 Å². The van der Waals surface area contributed by atoms with Gasteiger partial charge < -0.3 is 0 Å². The van der Waals surface area contributed by atoms with E-state index < -0.39 is 0 Å². The average Bonchev–Trinajstić information content (AvgIpc) is 3.56. The minimum Gasteiger partial charge on any atom is -0.0619 e. The molecule has 0 unspecified atom stereocenters. The lowest BCUT2D eigenvalue weighted by atomic mass is 9.78. The van der Waals surface area contributed by atoms with Gasteiger partial charge in [0.05, 0.1) is 0 Å². The molecule has 0 aliphatic heterocycles. The minimum atomic E-state index is -0.207. The zero-order valence-corrected chi connectivity index (χ0v) is 30.0. The first-order valence-corrected chi connectivity index (χ1v) is 18.6. The van der Waals surface area contributed by atoms with E-state index in [1.165, 1.54) is 110 Å². The highest BCUT2D eigenvalue weighted by Crippen LogP contribution is 2.57. The summed E-state index contributed by atoms with van der Waals surface area (Å²) >= 11 is 0. The van der Waals surface area contributed by atoms with E-state index >= 15 is 0 Å². The van der Waals surface area contributed by atoms with Gasteiger partial charge in [-0.25, -0.2) is 0 Å². The molecule has 0 aromatic heterocycles. The largest absolute Gasteiger partial charge is 0.0619 e. The molecule has 246 valence electrons. The highest BCUT2D eigenvalue weighted by Gasteiger charge is 2.40. The van der Waals surface area contributed by atoms with E-state index in [0.29, 0.717) is 0 Å². The Balaban J connectivity index is 1.19. The van der Waals surface area contributed by atoms with Crippen molar-refractivity contribution in [3.63, 3.8) is 0 Å². The average molecular weight is 663 g/mol. The molecule has 9 aromatic carbocycles. The second kappa shape index (κ2) is 10.3. The van der Waals surface area contributed by atoms with E-state index in [-0.39, 0.29) is 10.8 Å². The number of benzene rings is 9. The van der Waals surface area contributed by atoms with E-state index in [0.717, 1.165) is 0 Å². The smallest absolute Gasteiger partial charge is 0.0159 e. The molecule has 0 saturated heterocycles. The molecule has 0 amide bonds. The van der Waals surface area contributed by atoms with Crippen LogP contribution in [0.15, 0.2) is 158 Å². The molecule has 0 radical (unpaired) electrons. The van der Waals surface area contributed by atoms with E-state index in [2.05, 4.69) is 185 Å². The standard InChI is InChI=1S/C52H38/c1-51(2)45-24-14-13-21-38(45)39-26-25-32(28-46(39)51)42-29-47-49(40-22-11-9-19-36(40)42)50-41-23-12-10-20-37(41)44(30-48(50)52(47,3)4)43-27-31-15-5-6-16-33(31)34-17-7-8-18-35(34)43/h5-30H,1-4H3. The molecule has 0 bridgehead atoms. The van der Waals surface area contributed by atoms with Crippen LogP contribution in [0.25, 0.3) is 87.6 Å². The van der Waals surface area contributed by atoms with Crippen LogP contribution in [0.1, 0.15) is 49.9 Å². The lowest BCUT2D eigenvalue weighted by molar-refractivity contribution is 0.660. The Morgan fingerprint density at radius 3 is 1.44 bits per heavy atom. The Morgan fingerprint density at radius 2 is 0.750 bits per heavy atom. The summed E-state index contributed by atoms with van der Waals surface area (Å²) in [5, 5.41) is 10.5. The molecule has 52 heavy (non-hydrogen) atoms. The first-order valence-electron chi connectivity index (χ1n) is 18.6. The third-order valence-electron chi connectivity index (χ3n) is 12.6. The van der Waals surface area contributed by atoms with E-state index in [9.17, 15) is 0 Å². The summed E-state index contributed by atoms with van der Waals surface area (Å²) in [6.07, 6.45) is 0. The first-order chi connectivity index (χ1) is 25.3. The fraction of sp³-hybridized carbons (Fsp3) is 0.115. The highest BCUT2D eigenvalue weighted by atomic mass is 14.4. The topological polar surface area (TPSA) is 0 Å². The van der Waals surface area contributed by atoms with Crippen molar-refractivity contribution < 1.29 is 0 Å². The molecule has 0 N–H and O–H groups in total. The molecule has 2 aliphatic carbocycles. The fourth-order valence-electron chi connectivity index (χ4n) is 10.0. The number of rotatable bonds is 2. The van der Waals surface area contributed by atoms with Crippen molar-refractivity contribution in [3.8, 4) is 44.5 Å². The van der Waals surface area contributed by atoms with E-state index in [1.54, 1.807) is 0 Å². The van der Waals surface area contributed by atoms with Crippen molar-refractivity contribution in [1.82, 2.24) is 0 Å². The second-order valence-corrected chi connectivity index (χ2v) is 16.0. The predicted octanol–water partition coefficient (Wildman–Crippen LogP) is 14.2. The summed E-state index contributed by atoms with van der Waals surface area (Å²) in [6, 6.07) is 59.6. The highest BCUT2D eigenvalue weighted by molar-refractivity contribution is 6.20. The minimum absolute atomic E-state index is 0.0494. The van der Waals surface area contributed by atoms with Gasteiger partial charge in [0.1, 0.15) is 0 Å². The molecule has 9 aromatic rings. The summed E-state index contributed by atoms with van der Waals surface area (Å²) in [5.41, 5.74) is 16.1. The maximum atomic E-state index is 2.54. The van der Waals surface area contributed by atoms with Crippen molar-refractivity contribution >= 4 is 43.1 Å². The Bertz CT molecular complexity index is 3010. The molecule has 0 nitrogen and oxygen atoms in total. The van der Waals surface area contributed by atoms with Gasteiger partial charge in [-0.15, -0.1) is 0 Å². The maximum absolute atomic E-state index is 2.54. The Kier molecular flexibility index (Phi) is 5.89. The molecule has 0 atom stereocenters. The van der Waals surface area contributed by atoms with Crippen molar-refractivity contribution in [2.75, 3.05) is 0 Å². The molecule has 0 heterocycles. The van der Waals surface area contributed by atoms with Crippen LogP contribution >= 0.6 is 0 Å². The molecule has 2 aliphatic rings. The summed E-state index contributed by atoms with van der Waals surface area (Å²) in [6.45, 7) is 9.64. The van der Waals surface area contributed by atoms with Crippen LogP contribution in [0.4, 0.5) is 0 Å². The predicted molar refractivity (Wildman–Crippen MR) is 222 cm³/mol. The third kappa shape index (κ3) is 3.82. The number of hydrogen-bond acceptors (Lipinski definition) is 0. The van der Waals surface area contributed by atoms with Gasteiger partial charge in [0, 0.05) is 10.8 Å². The van der Waals surface area contributed by atoms with E-state index in [1.807, 2.05) is 0 Å². The van der Waals surface area contributed by atoms with Gasteiger partial charge in [0.25, 0.3) is 0 Å². The van der Waals surface area contributed by atoms with Gasteiger partial charge in [-0.3, -0.25) is 0 Å².